The van der Waals surface area contributed by atoms with E-state index in [1.165, 1.54) is 12.1 Å². The first-order chi connectivity index (χ1) is 11.7. The molecule has 0 spiro atoms. The summed E-state index contributed by atoms with van der Waals surface area (Å²) < 4.78 is 10.6. The van der Waals surface area contributed by atoms with Crippen LogP contribution in [0.3, 0.4) is 0 Å². The highest BCUT2D eigenvalue weighted by molar-refractivity contribution is 6.07. The fraction of sp³-hybridized carbons (Fsp3) is 0.158. The number of hydrogen-bond donors (Lipinski definition) is 1. The number of allylic oxidation sites excluding steroid dienone is 1. The van der Waals surface area contributed by atoms with Crippen molar-refractivity contribution >= 4 is 17.5 Å². The number of carbonyl (C=O) groups is 1. The Hall–Kier alpha value is -3.08. The van der Waals surface area contributed by atoms with Gasteiger partial charge in [-0.05, 0) is 42.8 Å². The van der Waals surface area contributed by atoms with Crippen molar-refractivity contribution in [1.29, 1.82) is 0 Å². The largest absolute Gasteiger partial charge is 0.454 e. The lowest BCUT2D eigenvalue weighted by Crippen LogP contribution is -2.15. The van der Waals surface area contributed by atoms with E-state index in [1.807, 2.05) is 13.0 Å². The molecule has 1 heterocycles. The number of ketones is 1. The number of ether oxygens (including phenoxy) is 2. The van der Waals surface area contributed by atoms with Gasteiger partial charge >= 0.3 is 0 Å². The monoisotopic (exact) mass is 323 g/mol. The Morgan fingerprint density at radius 3 is 2.79 bits per heavy atom. The van der Waals surface area contributed by atoms with Crippen LogP contribution in [-0.2, 0) is 0 Å². The van der Waals surface area contributed by atoms with Crippen molar-refractivity contribution < 1.29 is 14.3 Å². The zero-order valence-corrected chi connectivity index (χ0v) is 13.2. The van der Waals surface area contributed by atoms with Gasteiger partial charge in [0.1, 0.15) is 0 Å². The van der Waals surface area contributed by atoms with Gasteiger partial charge in [0.2, 0.25) is 12.2 Å². The maximum absolute atomic E-state index is 12.4. The fourth-order valence-electron chi connectivity index (χ4n) is 2.40. The SMILES string of the molecule is CCNc1ccccc(C(=O)/C=C/c2ccc3c(c2)OCO3)c1=O. The van der Waals surface area contributed by atoms with E-state index in [1.54, 1.807) is 36.4 Å². The number of anilines is 1. The number of nitrogens with one attached hydrogen (secondary N) is 1. The summed E-state index contributed by atoms with van der Waals surface area (Å²) in [6.45, 7) is 2.71. The molecule has 1 aliphatic heterocycles. The number of carbonyl (C=O) groups excluding carboxylic acids is 1. The Balaban J connectivity index is 1.86. The lowest BCUT2D eigenvalue weighted by Gasteiger charge is -1.99. The third-order valence-electron chi connectivity index (χ3n) is 3.58. The molecule has 0 aromatic heterocycles. The molecule has 2 aromatic rings. The van der Waals surface area contributed by atoms with E-state index >= 15 is 0 Å². The third-order valence-corrected chi connectivity index (χ3v) is 3.58. The molecule has 24 heavy (non-hydrogen) atoms. The Morgan fingerprint density at radius 1 is 1.17 bits per heavy atom. The molecule has 0 saturated heterocycles. The average molecular weight is 323 g/mol. The van der Waals surface area contributed by atoms with Gasteiger partial charge in [0.15, 0.2) is 17.3 Å². The fourth-order valence-corrected chi connectivity index (χ4v) is 2.40. The zero-order chi connectivity index (χ0) is 16.9. The maximum atomic E-state index is 12.4. The lowest BCUT2D eigenvalue weighted by molar-refractivity contribution is 0.104. The van der Waals surface area contributed by atoms with Gasteiger partial charge in [-0.3, -0.25) is 9.59 Å². The lowest BCUT2D eigenvalue weighted by atomic mass is 10.1. The molecule has 3 rings (SSSR count). The molecule has 0 aliphatic carbocycles. The van der Waals surface area contributed by atoms with E-state index in [0.29, 0.717) is 23.7 Å². The van der Waals surface area contributed by atoms with E-state index in [4.69, 9.17) is 9.47 Å². The second-order valence-corrected chi connectivity index (χ2v) is 5.22. The first-order valence-corrected chi connectivity index (χ1v) is 7.68. The van der Waals surface area contributed by atoms with Gasteiger partial charge in [-0.1, -0.05) is 24.3 Å². The Labute approximate surface area is 139 Å². The molecule has 0 bridgehead atoms. The molecule has 1 aliphatic rings. The summed E-state index contributed by atoms with van der Waals surface area (Å²) >= 11 is 0. The molecule has 0 atom stereocenters. The summed E-state index contributed by atoms with van der Waals surface area (Å²) in [4.78, 5) is 24.8. The summed E-state index contributed by atoms with van der Waals surface area (Å²) in [5.41, 5.74) is 1.05. The minimum atomic E-state index is -0.340. The average Bonchev–Trinajstić information content (AvgIpc) is 2.98. The summed E-state index contributed by atoms with van der Waals surface area (Å²) in [7, 11) is 0. The highest BCUT2D eigenvalue weighted by Gasteiger charge is 2.13. The van der Waals surface area contributed by atoms with Crippen molar-refractivity contribution in [2.24, 2.45) is 0 Å². The predicted octanol–water partition coefficient (Wildman–Crippen LogP) is 3.10. The number of fused-ring (bicyclic) bond motifs is 1. The van der Waals surface area contributed by atoms with Crippen molar-refractivity contribution in [3.8, 4) is 11.5 Å². The Kier molecular flexibility index (Phi) is 4.61. The first-order valence-electron chi connectivity index (χ1n) is 7.68. The van der Waals surface area contributed by atoms with Gasteiger partial charge in [-0.15, -0.1) is 0 Å². The topological polar surface area (TPSA) is 64.6 Å². The van der Waals surface area contributed by atoms with Gasteiger partial charge in [0.05, 0.1) is 11.3 Å². The smallest absolute Gasteiger partial charge is 0.231 e. The van der Waals surface area contributed by atoms with Crippen LogP contribution in [0.1, 0.15) is 22.8 Å². The van der Waals surface area contributed by atoms with Crippen molar-refractivity contribution in [3.63, 3.8) is 0 Å². The van der Waals surface area contributed by atoms with Crippen molar-refractivity contribution in [3.05, 3.63) is 69.9 Å². The highest BCUT2D eigenvalue weighted by atomic mass is 16.7. The minimum absolute atomic E-state index is 0.132. The molecular weight excluding hydrogens is 306 g/mol. The van der Waals surface area contributed by atoms with Crippen LogP contribution in [0, 0.1) is 0 Å². The second kappa shape index (κ2) is 7.00. The number of rotatable bonds is 5. The molecule has 0 fully saturated rings. The van der Waals surface area contributed by atoms with Crippen LogP contribution in [0.25, 0.3) is 6.08 Å². The van der Waals surface area contributed by atoms with Crippen LogP contribution in [0.4, 0.5) is 5.69 Å². The standard InChI is InChI=1S/C19H17NO4/c1-2-20-15-6-4-3-5-14(19(15)22)16(21)9-7-13-8-10-17-18(11-13)24-12-23-17/h3-11H,2,12H2,1H3,(H,20,22)/b9-7+. The molecule has 0 unspecified atom stereocenters. The van der Waals surface area contributed by atoms with Gasteiger partial charge < -0.3 is 14.8 Å². The van der Waals surface area contributed by atoms with Crippen LogP contribution >= 0.6 is 0 Å². The Bertz CT molecular complexity index is 858. The third kappa shape index (κ3) is 3.30. The summed E-state index contributed by atoms with van der Waals surface area (Å²) in [6, 6.07) is 12.0. The summed E-state index contributed by atoms with van der Waals surface area (Å²) in [5.74, 6) is 0.994. The molecule has 5 heteroatoms. The highest BCUT2D eigenvalue weighted by Crippen LogP contribution is 2.32. The van der Waals surface area contributed by atoms with Gasteiger partial charge in [-0.25, -0.2) is 0 Å². The van der Waals surface area contributed by atoms with E-state index in [0.717, 1.165) is 5.56 Å². The van der Waals surface area contributed by atoms with Crippen molar-refractivity contribution in [1.82, 2.24) is 0 Å². The van der Waals surface area contributed by atoms with E-state index in [-0.39, 0.29) is 23.6 Å². The second-order valence-electron chi connectivity index (χ2n) is 5.22. The van der Waals surface area contributed by atoms with E-state index in [2.05, 4.69) is 5.32 Å². The molecule has 1 N–H and O–H groups in total. The van der Waals surface area contributed by atoms with Gasteiger partial charge in [-0.2, -0.15) is 0 Å². The Morgan fingerprint density at radius 2 is 1.96 bits per heavy atom. The van der Waals surface area contributed by atoms with Crippen LogP contribution < -0.4 is 20.2 Å². The number of benzene rings is 1. The molecular formula is C19H17NO4. The van der Waals surface area contributed by atoms with Crippen molar-refractivity contribution in [2.45, 2.75) is 6.92 Å². The molecule has 122 valence electrons. The quantitative estimate of drug-likeness (QED) is 0.676. The maximum Gasteiger partial charge on any atom is 0.231 e. The van der Waals surface area contributed by atoms with Gasteiger partial charge in [0, 0.05) is 6.54 Å². The van der Waals surface area contributed by atoms with Crippen LogP contribution in [0.2, 0.25) is 0 Å². The van der Waals surface area contributed by atoms with Crippen molar-refractivity contribution in [2.75, 3.05) is 18.7 Å². The predicted molar refractivity (Wildman–Crippen MR) is 92.8 cm³/mol. The molecule has 0 amide bonds. The van der Waals surface area contributed by atoms with Crippen LogP contribution in [-0.4, -0.2) is 19.1 Å². The van der Waals surface area contributed by atoms with Crippen LogP contribution in [0.5, 0.6) is 11.5 Å². The van der Waals surface area contributed by atoms with E-state index < -0.39 is 0 Å². The minimum Gasteiger partial charge on any atom is -0.454 e. The summed E-state index contributed by atoms with van der Waals surface area (Å²) in [6.07, 6.45) is 3.05. The van der Waals surface area contributed by atoms with Gasteiger partial charge in [0.25, 0.3) is 0 Å². The molecule has 0 saturated carbocycles. The zero-order valence-electron chi connectivity index (χ0n) is 13.2. The molecule has 2 aromatic carbocycles. The first kappa shape index (κ1) is 15.8. The van der Waals surface area contributed by atoms with Crippen LogP contribution in [0.15, 0.2) is 53.3 Å². The molecule has 5 nitrogen and oxygen atoms in total. The summed E-state index contributed by atoms with van der Waals surface area (Å²) in [5, 5.41) is 2.97. The molecule has 0 radical (unpaired) electrons. The number of hydrogen-bond acceptors (Lipinski definition) is 5. The normalized spacial score (nSPS) is 12.4. The van der Waals surface area contributed by atoms with E-state index in [9.17, 15) is 9.59 Å².